The number of thioether (sulfide) groups is 1. The number of para-hydroxylation sites is 1. The van der Waals surface area contributed by atoms with E-state index in [9.17, 15) is 4.79 Å². The first kappa shape index (κ1) is 13.2. The summed E-state index contributed by atoms with van der Waals surface area (Å²) >= 11 is 1.87. The minimum atomic E-state index is 0.0135. The number of rotatable bonds is 3. The first-order chi connectivity index (χ1) is 10.3. The molecule has 1 aromatic heterocycles. The molecule has 1 atom stereocenters. The van der Waals surface area contributed by atoms with Crippen LogP contribution in [0.25, 0.3) is 10.9 Å². The Labute approximate surface area is 127 Å². The summed E-state index contributed by atoms with van der Waals surface area (Å²) in [5, 5.41) is 4.18. The van der Waals surface area contributed by atoms with Gasteiger partial charge in [0.2, 0.25) is 0 Å². The van der Waals surface area contributed by atoms with E-state index in [0.717, 1.165) is 42.8 Å². The zero-order chi connectivity index (χ0) is 14.2. The molecule has 1 N–H and O–H groups in total. The van der Waals surface area contributed by atoms with Crippen LogP contribution in [-0.4, -0.2) is 35.5 Å². The molecule has 0 unspecified atom stereocenters. The molecule has 21 heavy (non-hydrogen) atoms. The molecule has 0 spiro atoms. The first-order valence-corrected chi connectivity index (χ1v) is 8.46. The Hall–Kier alpha value is -1.46. The van der Waals surface area contributed by atoms with Crippen LogP contribution in [0.2, 0.25) is 0 Å². The van der Waals surface area contributed by atoms with E-state index in [1.807, 2.05) is 17.8 Å². The lowest BCUT2D eigenvalue weighted by atomic mass is 10.2. The van der Waals surface area contributed by atoms with Crippen molar-refractivity contribution in [2.24, 2.45) is 0 Å². The van der Waals surface area contributed by atoms with E-state index in [1.165, 1.54) is 10.4 Å². The van der Waals surface area contributed by atoms with E-state index >= 15 is 0 Å². The van der Waals surface area contributed by atoms with Gasteiger partial charge in [0.15, 0.2) is 0 Å². The number of ether oxygens (including phenoxy) is 1. The Morgan fingerprint density at radius 3 is 3.29 bits per heavy atom. The molecule has 4 nitrogen and oxygen atoms in total. The summed E-state index contributed by atoms with van der Waals surface area (Å²) in [6.07, 6.45) is 2.33. The van der Waals surface area contributed by atoms with Crippen molar-refractivity contribution >= 4 is 28.6 Å². The number of benzene rings is 1. The van der Waals surface area contributed by atoms with Gasteiger partial charge in [-0.25, -0.2) is 0 Å². The Kier molecular flexibility index (Phi) is 3.39. The van der Waals surface area contributed by atoms with Gasteiger partial charge in [-0.15, -0.1) is 11.8 Å². The summed E-state index contributed by atoms with van der Waals surface area (Å²) in [5.41, 5.74) is 1.98. The van der Waals surface area contributed by atoms with Crippen LogP contribution < -0.4 is 5.32 Å². The van der Waals surface area contributed by atoms with E-state index in [0.29, 0.717) is 6.54 Å². The molecule has 2 aliphatic heterocycles. The van der Waals surface area contributed by atoms with Gasteiger partial charge in [0, 0.05) is 35.7 Å². The van der Waals surface area contributed by atoms with Gasteiger partial charge in [-0.05, 0) is 25.0 Å². The number of aromatic nitrogens is 1. The third-order valence-corrected chi connectivity index (χ3v) is 5.23. The normalized spacial score (nSPS) is 20.9. The van der Waals surface area contributed by atoms with Crippen molar-refractivity contribution in [2.75, 3.05) is 18.9 Å². The fourth-order valence-electron chi connectivity index (χ4n) is 3.18. The topological polar surface area (TPSA) is 43.3 Å². The third-order valence-electron chi connectivity index (χ3n) is 4.20. The fraction of sp³-hybridized carbons (Fsp3) is 0.438. The van der Waals surface area contributed by atoms with Gasteiger partial charge in [-0.2, -0.15) is 0 Å². The number of aryl methyl sites for hydroxylation is 1. The number of carbonyl (C=O) groups is 1. The molecule has 0 saturated carbocycles. The van der Waals surface area contributed by atoms with E-state index < -0.39 is 0 Å². The molecule has 2 aliphatic rings. The van der Waals surface area contributed by atoms with Crippen molar-refractivity contribution < 1.29 is 9.53 Å². The van der Waals surface area contributed by atoms with Gasteiger partial charge in [0.1, 0.15) is 5.69 Å². The number of nitrogens with one attached hydrogen (secondary N) is 1. The molecular formula is C16H18N2O2S. The molecule has 4 rings (SSSR count). The highest BCUT2D eigenvalue weighted by molar-refractivity contribution is 7.99. The standard InChI is InChI=1S/C16H18N2O2S/c19-16(17-10-12-4-2-7-20-12)13-9-11-3-1-5-14-15(11)18(13)6-8-21-14/h1,3,5,9,12H,2,4,6-8,10H2,(H,17,19)/t12-/m1/s1. The Morgan fingerprint density at radius 2 is 2.43 bits per heavy atom. The smallest absolute Gasteiger partial charge is 0.268 e. The predicted octanol–water partition coefficient (Wildman–Crippen LogP) is 2.66. The van der Waals surface area contributed by atoms with Crippen LogP contribution >= 0.6 is 11.8 Å². The van der Waals surface area contributed by atoms with Crippen LogP contribution in [0.1, 0.15) is 23.3 Å². The summed E-state index contributed by atoms with van der Waals surface area (Å²) in [5.74, 6) is 1.03. The molecule has 0 radical (unpaired) electrons. The highest BCUT2D eigenvalue weighted by atomic mass is 32.2. The minimum Gasteiger partial charge on any atom is -0.376 e. The second kappa shape index (κ2) is 5.39. The molecule has 1 aromatic carbocycles. The molecule has 2 aromatic rings. The van der Waals surface area contributed by atoms with Crippen LogP contribution in [-0.2, 0) is 11.3 Å². The van der Waals surface area contributed by atoms with Crippen molar-refractivity contribution in [3.8, 4) is 0 Å². The fourth-order valence-corrected chi connectivity index (χ4v) is 4.21. The lowest BCUT2D eigenvalue weighted by Crippen LogP contribution is -2.33. The predicted molar refractivity (Wildman–Crippen MR) is 84.0 cm³/mol. The largest absolute Gasteiger partial charge is 0.376 e. The number of amides is 1. The number of hydrogen-bond acceptors (Lipinski definition) is 3. The molecule has 1 saturated heterocycles. The van der Waals surface area contributed by atoms with Crippen LogP contribution in [0.3, 0.4) is 0 Å². The van der Waals surface area contributed by atoms with Crippen LogP contribution in [0, 0.1) is 0 Å². The van der Waals surface area contributed by atoms with Gasteiger partial charge < -0.3 is 14.6 Å². The zero-order valence-corrected chi connectivity index (χ0v) is 12.6. The van der Waals surface area contributed by atoms with Gasteiger partial charge in [-0.1, -0.05) is 12.1 Å². The SMILES string of the molecule is O=C(NC[C@H]1CCCO1)c1cc2cccc3c2n1CCS3. The molecule has 0 bridgehead atoms. The highest BCUT2D eigenvalue weighted by Gasteiger charge is 2.22. The molecule has 5 heteroatoms. The number of carbonyl (C=O) groups excluding carboxylic acids is 1. The molecule has 110 valence electrons. The third kappa shape index (κ3) is 2.34. The maximum Gasteiger partial charge on any atom is 0.268 e. The van der Waals surface area contributed by atoms with E-state index in [1.54, 1.807) is 0 Å². The Morgan fingerprint density at radius 1 is 1.48 bits per heavy atom. The number of nitrogens with zero attached hydrogens (tertiary/aromatic N) is 1. The summed E-state index contributed by atoms with van der Waals surface area (Å²) in [6.45, 7) is 2.33. The summed E-state index contributed by atoms with van der Waals surface area (Å²) < 4.78 is 7.72. The lowest BCUT2D eigenvalue weighted by molar-refractivity contribution is 0.0850. The molecule has 1 amide bonds. The highest BCUT2D eigenvalue weighted by Crippen LogP contribution is 2.34. The second-order valence-electron chi connectivity index (χ2n) is 5.57. The van der Waals surface area contributed by atoms with Crippen molar-refractivity contribution in [1.82, 2.24) is 9.88 Å². The van der Waals surface area contributed by atoms with Gasteiger partial charge >= 0.3 is 0 Å². The minimum absolute atomic E-state index is 0.0135. The van der Waals surface area contributed by atoms with Crippen molar-refractivity contribution in [1.29, 1.82) is 0 Å². The van der Waals surface area contributed by atoms with Crippen molar-refractivity contribution in [2.45, 2.75) is 30.4 Å². The van der Waals surface area contributed by atoms with Gasteiger partial charge in [0.25, 0.3) is 5.91 Å². The summed E-state index contributed by atoms with van der Waals surface area (Å²) in [6, 6.07) is 8.29. The molecular weight excluding hydrogens is 284 g/mol. The van der Waals surface area contributed by atoms with Crippen LogP contribution in [0.15, 0.2) is 29.2 Å². The maximum atomic E-state index is 12.5. The number of hydrogen-bond donors (Lipinski definition) is 1. The molecule has 1 fully saturated rings. The van der Waals surface area contributed by atoms with Gasteiger partial charge in [0.05, 0.1) is 11.6 Å². The zero-order valence-electron chi connectivity index (χ0n) is 11.8. The first-order valence-electron chi connectivity index (χ1n) is 7.48. The average Bonchev–Trinajstić information content (AvgIpc) is 3.15. The van der Waals surface area contributed by atoms with E-state index in [2.05, 4.69) is 28.1 Å². The average molecular weight is 302 g/mol. The quantitative estimate of drug-likeness (QED) is 0.948. The van der Waals surface area contributed by atoms with Crippen molar-refractivity contribution in [3.63, 3.8) is 0 Å². The van der Waals surface area contributed by atoms with Crippen molar-refractivity contribution in [3.05, 3.63) is 30.0 Å². The Bertz CT molecular complexity index is 689. The monoisotopic (exact) mass is 302 g/mol. The molecule has 0 aliphatic carbocycles. The second-order valence-corrected chi connectivity index (χ2v) is 6.71. The van der Waals surface area contributed by atoms with Crippen LogP contribution in [0.4, 0.5) is 0 Å². The van der Waals surface area contributed by atoms with E-state index in [-0.39, 0.29) is 12.0 Å². The lowest BCUT2D eigenvalue weighted by Gasteiger charge is -2.17. The molecule has 3 heterocycles. The Balaban J connectivity index is 1.61. The summed E-state index contributed by atoms with van der Waals surface area (Å²) in [7, 11) is 0. The maximum absolute atomic E-state index is 12.5. The van der Waals surface area contributed by atoms with Crippen LogP contribution in [0.5, 0.6) is 0 Å². The van der Waals surface area contributed by atoms with E-state index in [4.69, 9.17) is 4.74 Å². The summed E-state index contributed by atoms with van der Waals surface area (Å²) in [4.78, 5) is 13.8. The van der Waals surface area contributed by atoms with Gasteiger partial charge in [-0.3, -0.25) is 4.79 Å².